The lowest BCUT2D eigenvalue weighted by molar-refractivity contribution is -0.123. The van der Waals surface area contributed by atoms with Crippen LogP contribution in [0, 0.1) is 5.82 Å². The Hall–Kier alpha value is -2.90. The SMILES string of the molecule is COc1ccc(C(=O)O[C@H](C)C(=O)Nc2ccnn2C(C)C)cc1F. The maximum Gasteiger partial charge on any atom is 0.339 e. The van der Waals surface area contributed by atoms with E-state index in [-0.39, 0.29) is 17.4 Å². The Labute approximate surface area is 144 Å². The highest BCUT2D eigenvalue weighted by Crippen LogP contribution is 2.19. The summed E-state index contributed by atoms with van der Waals surface area (Å²) in [6.07, 6.45) is 0.500. The molecule has 0 aliphatic carbocycles. The van der Waals surface area contributed by atoms with Crippen molar-refractivity contribution in [1.82, 2.24) is 9.78 Å². The van der Waals surface area contributed by atoms with Crippen LogP contribution in [0.25, 0.3) is 0 Å². The van der Waals surface area contributed by atoms with Crippen LogP contribution >= 0.6 is 0 Å². The van der Waals surface area contributed by atoms with Crippen LogP contribution in [0.4, 0.5) is 10.2 Å². The smallest absolute Gasteiger partial charge is 0.339 e. The molecule has 0 fully saturated rings. The van der Waals surface area contributed by atoms with E-state index in [9.17, 15) is 14.0 Å². The largest absolute Gasteiger partial charge is 0.494 e. The summed E-state index contributed by atoms with van der Waals surface area (Å²) in [6, 6.07) is 5.39. The lowest BCUT2D eigenvalue weighted by Crippen LogP contribution is -2.31. The van der Waals surface area contributed by atoms with E-state index in [1.165, 1.54) is 26.2 Å². The first-order valence-corrected chi connectivity index (χ1v) is 7.72. The molecule has 0 spiro atoms. The highest BCUT2D eigenvalue weighted by atomic mass is 19.1. The van der Waals surface area contributed by atoms with Gasteiger partial charge in [0.2, 0.25) is 0 Å². The van der Waals surface area contributed by atoms with E-state index >= 15 is 0 Å². The highest BCUT2D eigenvalue weighted by molar-refractivity contribution is 5.96. The number of nitrogens with zero attached hydrogens (tertiary/aromatic N) is 2. The van der Waals surface area contributed by atoms with E-state index < -0.39 is 23.8 Å². The molecule has 1 heterocycles. The third kappa shape index (κ3) is 4.34. The van der Waals surface area contributed by atoms with E-state index in [1.54, 1.807) is 16.9 Å². The van der Waals surface area contributed by atoms with Crippen LogP contribution < -0.4 is 10.1 Å². The quantitative estimate of drug-likeness (QED) is 0.811. The summed E-state index contributed by atoms with van der Waals surface area (Å²) in [5, 5.41) is 6.75. The average molecular weight is 349 g/mol. The standard InChI is InChI=1S/C17H20FN3O4/c1-10(2)21-15(7-8-19-21)20-16(22)11(3)25-17(23)12-5-6-14(24-4)13(18)9-12/h5-11H,1-4H3,(H,20,22)/t11-/m1/s1. The van der Waals surface area contributed by atoms with Gasteiger partial charge in [-0.2, -0.15) is 5.10 Å². The van der Waals surface area contributed by atoms with Crippen molar-refractivity contribution in [3.63, 3.8) is 0 Å². The minimum Gasteiger partial charge on any atom is -0.494 e. The lowest BCUT2D eigenvalue weighted by atomic mass is 10.2. The second kappa shape index (κ2) is 7.78. The molecule has 1 atom stereocenters. The molecule has 1 amide bonds. The number of methoxy groups -OCH3 is 1. The molecule has 25 heavy (non-hydrogen) atoms. The topological polar surface area (TPSA) is 82.4 Å². The van der Waals surface area contributed by atoms with Crippen molar-refractivity contribution in [3.8, 4) is 5.75 Å². The number of aromatic nitrogens is 2. The van der Waals surface area contributed by atoms with E-state index in [0.717, 1.165) is 6.07 Å². The van der Waals surface area contributed by atoms with Gasteiger partial charge in [-0.25, -0.2) is 13.9 Å². The number of nitrogens with one attached hydrogen (secondary N) is 1. The minimum absolute atomic E-state index is 0.00910. The van der Waals surface area contributed by atoms with Gasteiger partial charge in [0.25, 0.3) is 5.91 Å². The predicted octanol–water partition coefficient (Wildman–Crippen LogP) is 2.80. The molecular formula is C17H20FN3O4. The Kier molecular flexibility index (Phi) is 5.74. The molecule has 0 aliphatic rings. The van der Waals surface area contributed by atoms with Crippen LogP contribution in [0.5, 0.6) is 5.75 Å². The van der Waals surface area contributed by atoms with Gasteiger partial charge in [-0.15, -0.1) is 0 Å². The fourth-order valence-electron chi connectivity index (χ4n) is 2.13. The van der Waals surface area contributed by atoms with Gasteiger partial charge in [0.15, 0.2) is 17.7 Å². The van der Waals surface area contributed by atoms with Crippen molar-refractivity contribution in [1.29, 1.82) is 0 Å². The van der Waals surface area contributed by atoms with E-state index in [2.05, 4.69) is 10.4 Å². The molecule has 134 valence electrons. The van der Waals surface area contributed by atoms with Gasteiger partial charge >= 0.3 is 5.97 Å². The van der Waals surface area contributed by atoms with Crippen molar-refractivity contribution < 1.29 is 23.5 Å². The van der Waals surface area contributed by atoms with Crippen LogP contribution in [0.15, 0.2) is 30.5 Å². The van der Waals surface area contributed by atoms with Gasteiger partial charge in [-0.05, 0) is 39.0 Å². The summed E-state index contributed by atoms with van der Waals surface area (Å²) in [6.45, 7) is 5.28. The van der Waals surface area contributed by atoms with Crippen LogP contribution in [0.1, 0.15) is 37.2 Å². The fraction of sp³-hybridized carbons (Fsp3) is 0.353. The van der Waals surface area contributed by atoms with Gasteiger partial charge in [-0.3, -0.25) is 4.79 Å². The second-order valence-electron chi connectivity index (χ2n) is 5.64. The molecule has 1 aromatic carbocycles. The summed E-state index contributed by atoms with van der Waals surface area (Å²) in [4.78, 5) is 24.3. The molecular weight excluding hydrogens is 329 g/mol. The third-order valence-corrected chi connectivity index (χ3v) is 3.45. The number of rotatable bonds is 6. The van der Waals surface area contributed by atoms with E-state index in [1.807, 2.05) is 13.8 Å². The number of halogens is 1. The first-order valence-electron chi connectivity index (χ1n) is 7.72. The summed E-state index contributed by atoms with van der Waals surface area (Å²) in [5.74, 6) is -1.48. The summed E-state index contributed by atoms with van der Waals surface area (Å²) < 4.78 is 25.2. The number of anilines is 1. The van der Waals surface area contributed by atoms with Crippen LogP contribution in [-0.2, 0) is 9.53 Å². The molecule has 0 radical (unpaired) electrons. The molecule has 0 unspecified atom stereocenters. The monoisotopic (exact) mass is 349 g/mol. The maximum atomic E-state index is 13.7. The second-order valence-corrected chi connectivity index (χ2v) is 5.64. The van der Waals surface area contributed by atoms with Gasteiger partial charge in [0.05, 0.1) is 18.9 Å². The van der Waals surface area contributed by atoms with Crippen molar-refractivity contribution in [2.24, 2.45) is 0 Å². The Morgan fingerprint density at radius 3 is 2.56 bits per heavy atom. The molecule has 0 bridgehead atoms. The normalized spacial score (nSPS) is 11.9. The molecule has 0 saturated carbocycles. The average Bonchev–Trinajstić information content (AvgIpc) is 3.02. The summed E-state index contributed by atoms with van der Waals surface area (Å²) in [5.41, 5.74) is -0.00910. The zero-order chi connectivity index (χ0) is 18.6. The van der Waals surface area contributed by atoms with E-state index in [0.29, 0.717) is 5.82 Å². The lowest BCUT2D eigenvalue weighted by Gasteiger charge is -2.16. The molecule has 1 N–H and O–H groups in total. The third-order valence-electron chi connectivity index (χ3n) is 3.45. The van der Waals surface area contributed by atoms with Crippen LogP contribution in [0.2, 0.25) is 0 Å². The van der Waals surface area contributed by atoms with Crippen LogP contribution in [-0.4, -0.2) is 34.9 Å². The van der Waals surface area contributed by atoms with Crippen molar-refractivity contribution in [3.05, 3.63) is 41.8 Å². The number of hydrogen-bond acceptors (Lipinski definition) is 5. The van der Waals surface area contributed by atoms with Gasteiger partial charge in [0.1, 0.15) is 5.82 Å². The Balaban J connectivity index is 2.02. The summed E-state index contributed by atoms with van der Waals surface area (Å²) >= 11 is 0. The first kappa shape index (κ1) is 18.4. The Bertz CT molecular complexity index is 773. The first-order chi connectivity index (χ1) is 11.8. The number of esters is 1. The van der Waals surface area contributed by atoms with Crippen molar-refractivity contribution >= 4 is 17.7 Å². The molecule has 0 saturated heterocycles. The van der Waals surface area contributed by atoms with E-state index in [4.69, 9.17) is 9.47 Å². The van der Waals surface area contributed by atoms with Crippen molar-refractivity contribution in [2.75, 3.05) is 12.4 Å². The molecule has 2 rings (SSSR count). The zero-order valence-electron chi connectivity index (χ0n) is 14.4. The molecule has 8 heteroatoms. The number of amides is 1. The number of carbonyl (C=O) groups is 2. The number of benzene rings is 1. The van der Waals surface area contributed by atoms with Gasteiger partial charge in [-0.1, -0.05) is 0 Å². The fourth-order valence-corrected chi connectivity index (χ4v) is 2.13. The highest BCUT2D eigenvalue weighted by Gasteiger charge is 2.21. The number of carbonyl (C=O) groups excluding carboxylic acids is 2. The van der Waals surface area contributed by atoms with Gasteiger partial charge in [0, 0.05) is 12.1 Å². The molecule has 7 nitrogen and oxygen atoms in total. The Morgan fingerprint density at radius 1 is 1.24 bits per heavy atom. The zero-order valence-corrected chi connectivity index (χ0v) is 14.4. The minimum atomic E-state index is -1.06. The van der Waals surface area contributed by atoms with Gasteiger partial charge < -0.3 is 14.8 Å². The number of ether oxygens (including phenoxy) is 2. The predicted molar refractivity (Wildman–Crippen MR) is 89.1 cm³/mol. The van der Waals surface area contributed by atoms with Crippen molar-refractivity contribution in [2.45, 2.75) is 32.9 Å². The summed E-state index contributed by atoms with van der Waals surface area (Å²) in [7, 11) is 1.32. The molecule has 1 aromatic heterocycles. The molecule has 2 aromatic rings. The maximum absolute atomic E-state index is 13.7. The Morgan fingerprint density at radius 2 is 1.96 bits per heavy atom. The number of hydrogen-bond donors (Lipinski definition) is 1. The molecule has 0 aliphatic heterocycles. The van der Waals surface area contributed by atoms with Crippen LogP contribution in [0.3, 0.4) is 0 Å².